The summed E-state index contributed by atoms with van der Waals surface area (Å²) in [7, 11) is 1.85. The Morgan fingerprint density at radius 3 is 2.94 bits per heavy atom. The molecular weight excluding hydrogens is 294 g/mol. The Morgan fingerprint density at radius 2 is 2.22 bits per heavy atom. The molecule has 96 valence electrons. The first-order valence-electron chi connectivity index (χ1n) is 5.93. The first-order valence-corrected chi connectivity index (χ1v) is 6.85. The summed E-state index contributed by atoms with van der Waals surface area (Å²) in [4.78, 5) is 12.5. The molecule has 0 radical (unpaired) electrons. The molecule has 18 heavy (non-hydrogen) atoms. The molecule has 2 rings (SSSR count). The van der Waals surface area contributed by atoms with Crippen LogP contribution in [-0.2, 0) is 7.05 Å². The fourth-order valence-corrected chi connectivity index (χ4v) is 2.08. The van der Waals surface area contributed by atoms with Crippen molar-refractivity contribution < 1.29 is 4.79 Å². The van der Waals surface area contributed by atoms with Gasteiger partial charge in [-0.3, -0.25) is 9.48 Å². The molecule has 5 heteroatoms. The summed E-state index contributed by atoms with van der Waals surface area (Å²) >= 11 is 3.45. The monoisotopic (exact) mass is 309 g/mol. The van der Waals surface area contributed by atoms with Gasteiger partial charge >= 0.3 is 0 Å². The maximum Gasteiger partial charge on any atom is 0.272 e. The van der Waals surface area contributed by atoms with Gasteiger partial charge in [-0.1, -0.05) is 41.1 Å². The van der Waals surface area contributed by atoms with Crippen LogP contribution >= 0.6 is 15.9 Å². The normalized spacial score (nSPS) is 12.6. The lowest BCUT2D eigenvalue weighted by Gasteiger charge is -2.04. The number of alkyl halides is 1. The van der Waals surface area contributed by atoms with Crippen molar-refractivity contribution in [2.24, 2.45) is 7.05 Å². The third-order valence-corrected chi connectivity index (χ3v) is 3.26. The zero-order valence-electron chi connectivity index (χ0n) is 10.5. The molecule has 2 aromatic rings. The molecule has 4 nitrogen and oxygen atoms in total. The van der Waals surface area contributed by atoms with E-state index < -0.39 is 0 Å². The summed E-state index contributed by atoms with van der Waals surface area (Å²) < 4.78 is 1.73. The van der Waals surface area contributed by atoms with Crippen LogP contribution in [0.1, 0.15) is 23.8 Å². The molecule has 0 saturated heterocycles. The highest BCUT2D eigenvalue weighted by atomic mass is 79.9. The van der Waals surface area contributed by atoms with Crippen molar-refractivity contribution >= 4 is 32.7 Å². The van der Waals surface area contributed by atoms with Gasteiger partial charge in [0.2, 0.25) is 0 Å². The third-order valence-electron chi connectivity index (χ3n) is 2.80. The van der Waals surface area contributed by atoms with E-state index in [-0.39, 0.29) is 5.91 Å². The van der Waals surface area contributed by atoms with Crippen molar-refractivity contribution in [2.45, 2.75) is 18.2 Å². The standard InChI is InChI=1S/C13H16BrN3O/c1-9(14)7-8-15-13(18)12-10-5-3-4-6-11(10)17(2)16-12/h3-6,9H,7-8H2,1-2H3,(H,15,18). The average Bonchev–Trinajstić information content (AvgIpc) is 2.67. The van der Waals surface area contributed by atoms with E-state index in [2.05, 4.69) is 33.3 Å². The number of carbonyl (C=O) groups is 1. The van der Waals surface area contributed by atoms with Gasteiger partial charge in [-0.15, -0.1) is 0 Å². The number of para-hydroxylation sites is 1. The molecular formula is C13H16BrN3O. The number of carbonyl (C=O) groups excluding carboxylic acids is 1. The third kappa shape index (κ3) is 2.72. The lowest BCUT2D eigenvalue weighted by molar-refractivity contribution is 0.0949. The minimum Gasteiger partial charge on any atom is -0.351 e. The van der Waals surface area contributed by atoms with Crippen molar-refractivity contribution in [1.82, 2.24) is 15.1 Å². The fraction of sp³-hybridized carbons (Fsp3) is 0.385. The van der Waals surface area contributed by atoms with Crippen LogP contribution < -0.4 is 5.32 Å². The smallest absolute Gasteiger partial charge is 0.272 e. The maximum absolute atomic E-state index is 12.1. The van der Waals surface area contributed by atoms with E-state index in [9.17, 15) is 4.79 Å². The highest BCUT2D eigenvalue weighted by Gasteiger charge is 2.14. The first kappa shape index (κ1) is 13.1. The molecule has 1 atom stereocenters. The van der Waals surface area contributed by atoms with Crippen LogP contribution in [0.2, 0.25) is 0 Å². The van der Waals surface area contributed by atoms with Gasteiger partial charge in [0, 0.05) is 23.8 Å². The highest BCUT2D eigenvalue weighted by molar-refractivity contribution is 9.09. The van der Waals surface area contributed by atoms with Crippen molar-refractivity contribution in [3.8, 4) is 0 Å². The maximum atomic E-state index is 12.1. The van der Waals surface area contributed by atoms with Crippen LogP contribution in [0.5, 0.6) is 0 Å². The van der Waals surface area contributed by atoms with Gasteiger partial charge in [-0.05, 0) is 12.5 Å². The van der Waals surface area contributed by atoms with Gasteiger partial charge in [-0.25, -0.2) is 0 Å². The zero-order valence-corrected chi connectivity index (χ0v) is 12.1. The summed E-state index contributed by atoms with van der Waals surface area (Å²) in [6.07, 6.45) is 0.899. The molecule has 0 aliphatic carbocycles. The Labute approximate surface area is 114 Å². The lowest BCUT2D eigenvalue weighted by atomic mass is 10.2. The van der Waals surface area contributed by atoms with Crippen LogP contribution in [0, 0.1) is 0 Å². The van der Waals surface area contributed by atoms with Gasteiger partial charge < -0.3 is 5.32 Å². The number of fused-ring (bicyclic) bond motifs is 1. The highest BCUT2D eigenvalue weighted by Crippen LogP contribution is 2.17. The predicted octanol–water partition coefficient (Wildman–Crippen LogP) is 2.48. The molecule has 1 amide bonds. The van der Waals surface area contributed by atoms with E-state index in [1.165, 1.54) is 0 Å². The second-order valence-electron chi connectivity index (χ2n) is 4.31. The Morgan fingerprint density at radius 1 is 1.50 bits per heavy atom. The van der Waals surface area contributed by atoms with E-state index in [0.717, 1.165) is 17.3 Å². The van der Waals surface area contributed by atoms with Gasteiger partial charge in [0.1, 0.15) is 0 Å². The second kappa shape index (κ2) is 5.52. The number of hydrogen-bond donors (Lipinski definition) is 1. The van der Waals surface area contributed by atoms with Crippen LogP contribution in [0.3, 0.4) is 0 Å². The van der Waals surface area contributed by atoms with Crippen LogP contribution in [0.4, 0.5) is 0 Å². The Balaban J connectivity index is 2.18. The van der Waals surface area contributed by atoms with Crippen LogP contribution in [0.25, 0.3) is 10.9 Å². The van der Waals surface area contributed by atoms with Gasteiger partial charge in [0.25, 0.3) is 5.91 Å². The van der Waals surface area contributed by atoms with Crippen molar-refractivity contribution in [3.05, 3.63) is 30.0 Å². The van der Waals surface area contributed by atoms with E-state index in [1.54, 1.807) is 4.68 Å². The number of aryl methyl sites for hydroxylation is 1. The van der Waals surface area contributed by atoms with Crippen molar-refractivity contribution in [1.29, 1.82) is 0 Å². The minimum atomic E-state index is -0.111. The average molecular weight is 310 g/mol. The molecule has 1 heterocycles. The summed E-state index contributed by atoms with van der Waals surface area (Å²) in [5, 5.41) is 8.06. The summed E-state index contributed by atoms with van der Waals surface area (Å²) in [6.45, 7) is 2.71. The molecule has 0 spiro atoms. The number of hydrogen-bond acceptors (Lipinski definition) is 2. The topological polar surface area (TPSA) is 46.9 Å². The summed E-state index contributed by atoms with van der Waals surface area (Å²) in [5.41, 5.74) is 1.46. The van der Waals surface area contributed by atoms with Gasteiger partial charge in [0.05, 0.1) is 5.52 Å². The molecule has 1 unspecified atom stereocenters. The van der Waals surface area contributed by atoms with E-state index >= 15 is 0 Å². The SMILES string of the molecule is CC(Br)CCNC(=O)c1nn(C)c2ccccc12. The Bertz CT molecular complexity index is 562. The Hall–Kier alpha value is -1.36. The minimum absolute atomic E-state index is 0.111. The number of nitrogens with zero attached hydrogens (tertiary/aromatic N) is 2. The van der Waals surface area contributed by atoms with Crippen LogP contribution in [0.15, 0.2) is 24.3 Å². The predicted molar refractivity (Wildman–Crippen MR) is 76.1 cm³/mol. The van der Waals surface area contributed by atoms with E-state index in [4.69, 9.17) is 0 Å². The fourth-order valence-electron chi connectivity index (χ4n) is 1.85. The number of nitrogens with one attached hydrogen (secondary N) is 1. The zero-order chi connectivity index (χ0) is 13.1. The molecule has 1 aromatic carbocycles. The number of rotatable bonds is 4. The number of benzene rings is 1. The van der Waals surface area contributed by atoms with Gasteiger partial charge in [0.15, 0.2) is 5.69 Å². The number of aromatic nitrogens is 2. The van der Waals surface area contributed by atoms with Crippen LogP contribution in [-0.4, -0.2) is 27.1 Å². The number of amides is 1. The Kier molecular flexibility index (Phi) is 4.01. The van der Waals surface area contributed by atoms with Gasteiger partial charge in [-0.2, -0.15) is 5.10 Å². The molecule has 0 saturated carbocycles. The largest absolute Gasteiger partial charge is 0.351 e. The molecule has 0 aliphatic heterocycles. The number of halogens is 1. The first-order chi connectivity index (χ1) is 8.59. The molecule has 1 N–H and O–H groups in total. The summed E-state index contributed by atoms with van der Waals surface area (Å²) in [6, 6.07) is 7.74. The quantitative estimate of drug-likeness (QED) is 0.882. The summed E-state index contributed by atoms with van der Waals surface area (Å²) in [5.74, 6) is -0.111. The van der Waals surface area contributed by atoms with Crippen molar-refractivity contribution in [2.75, 3.05) is 6.54 Å². The van der Waals surface area contributed by atoms with E-state index in [1.807, 2.05) is 31.3 Å². The molecule has 1 aromatic heterocycles. The van der Waals surface area contributed by atoms with E-state index in [0.29, 0.717) is 17.1 Å². The second-order valence-corrected chi connectivity index (χ2v) is 5.88. The lowest BCUT2D eigenvalue weighted by Crippen LogP contribution is -2.26. The van der Waals surface area contributed by atoms with Crippen molar-refractivity contribution in [3.63, 3.8) is 0 Å². The molecule has 0 aliphatic rings. The molecule has 0 fully saturated rings. The molecule has 0 bridgehead atoms.